The maximum absolute atomic E-state index is 10.5. The highest BCUT2D eigenvalue weighted by atomic mass is 16.1. The largest absolute Gasteiger partial charge is 0.366 e. The van der Waals surface area contributed by atoms with Crippen LogP contribution in [0.3, 0.4) is 0 Å². The van der Waals surface area contributed by atoms with Crippen molar-refractivity contribution >= 4 is 11.7 Å². The van der Waals surface area contributed by atoms with Gasteiger partial charge in [0.25, 0.3) is 0 Å². The van der Waals surface area contributed by atoms with Gasteiger partial charge in [0.15, 0.2) is 5.82 Å². The molecule has 0 unspecified atom stereocenters. The van der Waals surface area contributed by atoms with Crippen molar-refractivity contribution in [2.45, 2.75) is 0 Å². The number of hydrogen-bond acceptors (Lipinski definition) is 5. The van der Waals surface area contributed by atoms with Gasteiger partial charge in [0.1, 0.15) is 5.82 Å². The Morgan fingerprint density at radius 1 is 1.22 bits per heavy atom. The number of nitrogens with one attached hydrogen (secondary N) is 1. The number of aromatic nitrogens is 3. The Bertz CT molecular complexity index is 568. The number of carbonyl (C=O) groups is 1. The number of hydrogen-bond donors (Lipinski definition) is 2. The lowest BCUT2D eigenvalue weighted by Gasteiger charge is -2.02. The van der Waals surface area contributed by atoms with Gasteiger partial charge in [-0.3, -0.25) is 9.78 Å². The van der Waals surface area contributed by atoms with E-state index in [1.165, 1.54) is 12.3 Å². The number of rotatable bonds is 4. The maximum atomic E-state index is 10.5. The fraction of sp³-hybridized carbons (Fsp3) is 0. The van der Waals surface area contributed by atoms with E-state index in [2.05, 4.69) is 20.3 Å². The van der Waals surface area contributed by atoms with E-state index in [4.69, 9.17) is 5.73 Å². The Morgan fingerprint density at radius 3 is 2.72 bits per heavy atom. The second-order valence-electron chi connectivity index (χ2n) is 3.38. The summed E-state index contributed by atoms with van der Waals surface area (Å²) in [5, 5.41) is 2.84. The van der Waals surface area contributed by atoms with Gasteiger partial charge in [-0.1, -0.05) is 0 Å². The molecule has 0 atom stereocenters. The first-order chi connectivity index (χ1) is 8.75. The van der Waals surface area contributed by atoms with Crippen LogP contribution in [0.1, 0.15) is 0 Å². The molecule has 2 aromatic rings. The Labute approximate surface area is 104 Å². The van der Waals surface area contributed by atoms with E-state index in [1.807, 2.05) is 12.1 Å². The standard InChI is InChI=1S/C12H11N5O/c13-10(18)3-7-15-11-4-8-16-12(17-11)9-1-5-14-6-2-9/h1-8H,(H2,13,18)(H,15,16,17). The lowest BCUT2D eigenvalue weighted by atomic mass is 10.2. The molecule has 18 heavy (non-hydrogen) atoms. The van der Waals surface area contributed by atoms with Gasteiger partial charge in [-0.05, 0) is 18.2 Å². The van der Waals surface area contributed by atoms with Crippen LogP contribution in [-0.4, -0.2) is 20.9 Å². The molecule has 0 bridgehead atoms. The quantitative estimate of drug-likeness (QED) is 0.777. The molecule has 2 heterocycles. The summed E-state index contributed by atoms with van der Waals surface area (Å²) >= 11 is 0. The van der Waals surface area contributed by atoms with Crippen LogP contribution >= 0.6 is 0 Å². The van der Waals surface area contributed by atoms with Crippen LogP contribution in [0.15, 0.2) is 49.1 Å². The number of amides is 1. The van der Waals surface area contributed by atoms with E-state index in [1.54, 1.807) is 24.7 Å². The molecule has 2 aromatic heterocycles. The predicted molar refractivity (Wildman–Crippen MR) is 67.2 cm³/mol. The minimum absolute atomic E-state index is 0.522. The number of anilines is 1. The first-order valence-electron chi connectivity index (χ1n) is 5.21. The third kappa shape index (κ3) is 3.11. The number of primary amides is 1. The fourth-order valence-corrected chi connectivity index (χ4v) is 1.29. The molecule has 6 nitrogen and oxygen atoms in total. The van der Waals surface area contributed by atoms with Crippen molar-refractivity contribution in [2.75, 3.05) is 5.32 Å². The smallest absolute Gasteiger partial charge is 0.242 e. The van der Waals surface area contributed by atoms with Gasteiger partial charge in [-0.2, -0.15) is 0 Å². The van der Waals surface area contributed by atoms with E-state index >= 15 is 0 Å². The molecular formula is C12H11N5O. The summed E-state index contributed by atoms with van der Waals surface area (Å²) in [4.78, 5) is 22.9. The highest BCUT2D eigenvalue weighted by molar-refractivity contribution is 5.86. The lowest BCUT2D eigenvalue weighted by Crippen LogP contribution is -2.06. The van der Waals surface area contributed by atoms with Crippen molar-refractivity contribution in [1.29, 1.82) is 0 Å². The van der Waals surface area contributed by atoms with Gasteiger partial charge in [-0.25, -0.2) is 9.97 Å². The Kier molecular flexibility index (Phi) is 3.60. The molecular weight excluding hydrogens is 230 g/mol. The number of nitrogens with two attached hydrogens (primary N) is 1. The third-order valence-electron chi connectivity index (χ3n) is 2.07. The summed E-state index contributed by atoms with van der Waals surface area (Å²) in [5.74, 6) is 0.634. The molecule has 0 spiro atoms. The van der Waals surface area contributed by atoms with Gasteiger partial charge in [0.2, 0.25) is 5.91 Å². The zero-order valence-corrected chi connectivity index (χ0v) is 9.45. The fourth-order valence-electron chi connectivity index (χ4n) is 1.29. The third-order valence-corrected chi connectivity index (χ3v) is 2.07. The summed E-state index contributed by atoms with van der Waals surface area (Å²) in [6, 6.07) is 5.33. The van der Waals surface area contributed by atoms with Gasteiger partial charge in [0, 0.05) is 36.4 Å². The highest BCUT2D eigenvalue weighted by Gasteiger charge is 2.00. The van der Waals surface area contributed by atoms with Gasteiger partial charge >= 0.3 is 0 Å². The van der Waals surface area contributed by atoms with Crippen molar-refractivity contribution in [3.05, 3.63) is 49.1 Å². The predicted octanol–water partition coefficient (Wildman–Crippen LogP) is 0.949. The van der Waals surface area contributed by atoms with Crippen LogP contribution in [0.2, 0.25) is 0 Å². The van der Waals surface area contributed by atoms with Gasteiger partial charge < -0.3 is 11.1 Å². The van der Waals surface area contributed by atoms with Crippen molar-refractivity contribution in [3.63, 3.8) is 0 Å². The monoisotopic (exact) mass is 241 g/mol. The normalized spacial score (nSPS) is 10.4. The summed E-state index contributed by atoms with van der Waals surface area (Å²) in [6.07, 6.45) is 7.62. The summed E-state index contributed by atoms with van der Waals surface area (Å²) in [6.45, 7) is 0. The maximum Gasteiger partial charge on any atom is 0.242 e. The van der Waals surface area contributed by atoms with Gasteiger partial charge in [0.05, 0.1) is 0 Å². The molecule has 0 aromatic carbocycles. The summed E-state index contributed by atoms with van der Waals surface area (Å²) in [5.41, 5.74) is 5.84. The van der Waals surface area contributed by atoms with E-state index < -0.39 is 5.91 Å². The molecule has 0 aliphatic heterocycles. The van der Waals surface area contributed by atoms with Crippen LogP contribution in [0.5, 0.6) is 0 Å². The molecule has 0 radical (unpaired) electrons. The molecule has 6 heteroatoms. The second-order valence-corrected chi connectivity index (χ2v) is 3.38. The van der Waals surface area contributed by atoms with Crippen molar-refractivity contribution in [2.24, 2.45) is 5.73 Å². The lowest BCUT2D eigenvalue weighted by molar-refractivity contribution is -0.113. The van der Waals surface area contributed by atoms with Crippen molar-refractivity contribution in [3.8, 4) is 11.4 Å². The van der Waals surface area contributed by atoms with Crippen LogP contribution in [0.25, 0.3) is 11.4 Å². The molecule has 0 aliphatic carbocycles. The van der Waals surface area contributed by atoms with E-state index in [-0.39, 0.29) is 0 Å². The number of carbonyl (C=O) groups excluding carboxylic acids is 1. The first kappa shape index (κ1) is 11.7. The van der Waals surface area contributed by atoms with E-state index in [0.29, 0.717) is 11.6 Å². The average molecular weight is 241 g/mol. The SMILES string of the molecule is NC(=O)C=CNc1ccnc(-c2ccncc2)n1. The van der Waals surface area contributed by atoms with Crippen LogP contribution in [0.4, 0.5) is 5.82 Å². The molecule has 0 fully saturated rings. The topological polar surface area (TPSA) is 93.8 Å². The summed E-state index contributed by atoms with van der Waals surface area (Å²) < 4.78 is 0. The molecule has 2 rings (SSSR count). The minimum atomic E-state index is -0.522. The second kappa shape index (κ2) is 5.53. The van der Waals surface area contributed by atoms with Crippen LogP contribution in [0, 0.1) is 0 Å². The molecule has 3 N–H and O–H groups in total. The zero-order chi connectivity index (χ0) is 12.8. The molecule has 0 saturated heterocycles. The zero-order valence-electron chi connectivity index (χ0n) is 9.45. The van der Waals surface area contributed by atoms with Crippen molar-refractivity contribution in [1.82, 2.24) is 15.0 Å². The van der Waals surface area contributed by atoms with E-state index in [9.17, 15) is 4.79 Å². The number of nitrogens with zero attached hydrogens (tertiary/aromatic N) is 3. The molecule has 1 amide bonds. The van der Waals surface area contributed by atoms with E-state index in [0.717, 1.165) is 5.56 Å². The first-order valence-corrected chi connectivity index (χ1v) is 5.21. The minimum Gasteiger partial charge on any atom is -0.366 e. The molecule has 0 aliphatic rings. The highest BCUT2D eigenvalue weighted by Crippen LogP contribution is 2.14. The van der Waals surface area contributed by atoms with Gasteiger partial charge in [-0.15, -0.1) is 0 Å². The summed E-state index contributed by atoms with van der Waals surface area (Å²) in [7, 11) is 0. The molecule has 90 valence electrons. The van der Waals surface area contributed by atoms with Crippen molar-refractivity contribution < 1.29 is 4.79 Å². The average Bonchev–Trinajstić information content (AvgIpc) is 2.40. The Balaban J connectivity index is 2.18. The van der Waals surface area contributed by atoms with Crippen LogP contribution in [-0.2, 0) is 4.79 Å². The Morgan fingerprint density at radius 2 is 2.00 bits per heavy atom. The molecule has 0 saturated carbocycles. The number of pyridine rings is 1. The Hall–Kier alpha value is -2.76. The van der Waals surface area contributed by atoms with Crippen LogP contribution < -0.4 is 11.1 Å².